The Morgan fingerprint density at radius 3 is 2.10 bits per heavy atom. The molecule has 0 radical (unpaired) electrons. The molecule has 5 nitrogen and oxygen atoms in total. The quantitative estimate of drug-likeness (QED) is 0.508. The Bertz CT molecular complexity index is 1070. The standard InChI is InChI=1S/C24H21Cl2N3O2/c25-19-6-2-17(3-7-19)16-28-14-1-15-29(24(28)31)22-12-10-21(11-13-22)27-23(30)18-4-8-20(26)9-5-18/h2-13H,1,14-16H2,(H,27,30). The van der Waals surface area contributed by atoms with Crippen LogP contribution in [0.4, 0.5) is 16.2 Å². The number of anilines is 2. The van der Waals surface area contributed by atoms with Gasteiger partial charge in [0.15, 0.2) is 0 Å². The molecule has 3 aromatic rings. The Morgan fingerprint density at radius 2 is 1.45 bits per heavy atom. The van der Waals surface area contributed by atoms with Crippen LogP contribution < -0.4 is 10.2 Å². The predicted molar refractivity (Wildman–Crippen MR) is 125 cm³/mol. The highest BCUT2D eigenvalue weighted by Crippen LogP contribution is 2.24. The molecule has 0 aliphatic carbocycles. The number of hydrogen-bond donors (Lipinski definition) is 1. The monoisotopic (exact) mass is 453 g/mol. The molecule has 3 amide bonds. The maximum atomic E-state index is 13.0. The lowest BCUT2D eigenvalue weighted by Gasteiger charge is -2.35. The summed E-state index contributed by atoms with van der Waals surface area (Å²) in [6.07, 6.45) is 0.883. The van der Waals surface area contributed by atoms with E-state index in [1.165, 1.54) is 0 Å². The smallest absolute Gasteiger partial charge is 0.322 e. The van der Waals surface area contributed by atoms with Gasteiger partial charge in [0.25, 0.3) is 5.91 Å². The van der Waals surface area contributed by atoms with Gasteiger partial charge in [-0.3, -0.25) is 9.69 Å². The van der Waals surface area contributed by atoms with Gasteiger partial charge in [0.2, 0.25) is 0 Å². The topological polar surface area (TPSA) is 52.7 Å². The summed E-state index contributed by atoms with van der Waals surface area (Å²) in [7, 11) is 0. The number of urea groups is 1. The van der Waals surface area contributed by atoms with Crippen molar-refractivity contribution >= 4 is 46.5 Å². The molecule has 0 spiro atoms. The van der Waals surface area contributed by atoms with E-state index in [1.807, 2.05) is 41.3 Å². The lowest BCUT2D eigenvalue weighted by atomic mass is 10.1. The molecule has 31 heavy (non-hydrogen) atoms. The molecule has 0 aromatic heterocycles. The van der Waals surface area contributed by atoms with Crippen molar-refractivity contribution in [3.63, 3.8) is 0 Å². The van der Waals surface area contributed by atoms with Crippen molar-refractivity contribution in [2.75, 3.05) is 23.3 Å². The van der Waals surface area contributed by atoms with Crippen molar-refractivity contribution in [3.05, 3.63) is 94.0 Å². The largest absolute Gasteiger partial charge is 0.324 e. The molecule has 4 rings (SSSR count). The van der Waals surface area contributed by atoms with Crippen LogP contribution in [0.15, 0.2) is 72.8 Å². The fourth-order valence-corrected chi connectivity index (χ4v) is 3.76. The van der Waals surface area contributed by atoms with Gasteiger partial charge >= 0.3 is 6.03 Å². The number of benzene rings is 3. The minimum atomic E-state index is -0.215. The molecule has 0 bridgehead atoms. The Balaban J connectivity index is 1.41. The molecule has 1 aliphatic rings. The first-order valence-corrected chi connectivity index (χ1v) is 10.7. The average Bonchev–Trinajstić information content (AvgIpc) is 2.78. The van der Waals surface area contributed by atoms with E-state index in [4.69, 9.17) is 23.2 Å². The highest BCUT2D eigenvalue weighted by Gasteiger charge is 2.26. The third-order valence-electron chi connectivity index (χ3n) is 5.14. The summed E-state index contributed by atoms with van der Waals surface area (Å²) in [4.78, 5) is 29.0. The highest BCUT2D eigenvalue weighted by atomic mass is 35.5. The van der Waals surface area contributed by atoms with Gasteiger partial charge in [-0.05, 0) is 72.6 Å². The van der Waals surface area contributed by atoms with Crippen molar-refractivity contribution in [2.24, 2.45) is 0 Å². The summed E-state index contributed by atoms with van der Waals surface area (Å²) in [6, 6.07) is 21.5. The van der Waals surface area contributed by atoms with Gasteiger partial charge in [-0.2, -0.15) is 0 Å². The fourth-order valence-electron chi connectivity index (χ4n) is 3.51. The van der Waals surface area contributed by atoms with Gasteiger partial charge in [0.1, 0.15) is 0 Å². The molecule has 0 saturated carbocycles. The van der Waals surface area contributed by atoms with E-state index in [0.29, 0.717) is 40.9 Å². The van der Waals surface area contributed by atoms with E-state index in [0.717, 1.165) is 17.7 Å². The maximum Gasteiger partial charge on any atom is 0.324 e. The minimum absolute atomic E-state index is 0.0286. The van der Waals surface area contributed by atoms with Gasteiger partial charge in [-0.15, -0.1) is 0 Å². The van der Waals surface area contributed by atoms with Crippen molar-refractivity contribution < 1.29 is 9.59 Å². The molecular weight excluding hydrogens is 433 g/mol. The first-order chi connectivity index (χ1) is 15.0. The number of carbonyl (C=O) groups is 2. The van der Waals surface area contributed by atoms with E-state index >= 15 is 0 Å². The lowest BCUT2D eigenvalue weighted by Crippen LogP contribution is -2.49. The van der Waals surface area contributed by atoms with Gasteiger partial charge in [-0.25, -0.2) is 4.79 Å². The van der Waals surface area contributed by atoms with Crippen LogP contribution in [0.2, 0.25) is 10.0 Å². The van der Waals surface area contributed by atoms with Crippen molar-refractivity contribution in [3.8, 4) is 0 Å². The van der Waals surface area contributed by atoms with Gasteiger partial charge < -0.3 is 10.2 Å². The summed E-state index contributed by atoms with van der Waals surface area (Å²) in [6.45, 7) is 1.92. The summed E-state index contributed by atoms with van der Waals surface area (Å²) in [5.74, 6) is -0.215. The second kappa shape index (κ2) is 9.41. The van der Waals surface area contributed by atoms with Crippen LogP contribution in [0.25, 0.3) is 0 Å². The van der Waals surface area contributed by atoms with Crippen LogP contribution in [0.1, 0.15) is 22.3 Å². The molecular formula is C24H21Cl2N3O2. The second-order valence-electron chi connectivity index (χ2n) is 7.34. The zero-order valence-corrected chi connectivity index (χ0v) is 18.2. The van der Waals surface area contributed by atoms with Gasteiger partial charge in [0.05, 0.1) is 0 Å². The molecule has 7 heteroatoms. The number of rotatable bonds is 5. The molecule has 1 fully saturated rings. The molecule has 1 heterocycles. The van der Waals surface area contributed by atoms with Crippen LogP contribution >= 0.6 is 23.2 Å². The zero-order chi connectivity index (χ0) is 21.8. The fraction of sp³-hybridized carbons (Fsp3) is 0.167. The van der Waals surface area contributed by atoms with Crippen LogP contribution in [0.5, 0.6) is 0 Å². The zero-order valence-electron chi connectivity index (χ0n) is 16.7. The molecule has 0 unspecified atom stereocenters. The van der Waals surface area contributed by atoms with E-state index in [-0.39, 0.29) is 11.9 Å². The van der Waals surface area contributed by atoms with Crippen LogP contribution in [0, 0.1) is 0 Å². The van der Waals surface area contributed by atoms with Crippen LogP contribution in [-0.2, 0) is 6.54 Å². The summed E-state index contributed by atoms with van der Waals surface area (Å²) in [5.41, 5.74) is 3.03. The number of carbonyl (C=O) groups excluding carboxylic acids is 2. The van der Waals surface area contributed by atoms with E-state index in [2.05, 4.69) is 5.32 Å². The number of nitrogens with one attached hydrogen (secondary N) is 1. The van der Waals surface area contributed by atoms with Crippen LogP contribution in [-0.4, -0.2) is 29.9 Å². The third-order valence-corrected chi connectivity index (χ3v) is 5.65. The number of hydrogen-bond acceptors (Lipinski definition) is 2. The van der Waals surface area contributed by atoms with Crippen molar-refractivity contribution in [1.82, 2.24) is 4.90 Å². The molecule has 1 N–H and O–H groups in total. The maximum absolute atomic E-state index is 13.0. The first kappa shape index (κ1) is 21.2. The number of nitrogens with zero attached hydrogens (tertiary/aromatic N) is 2. The average molecular weight is 454 g/mol. The normalized spacial score (nSPS) is 13.9. The first-order valence-electron chi connectivity index (χ1n) is 9.97. The molecule has 158 valence electrons. The SMILES string of the molecule is O=C(Nc1ccc(N2CCCN(Cc3ccc(Cl)cc3)C2=O)cc1)c1ccc(Cl)cc1. The van der Waals surface area contributed by atoms with E-state index in [1.54, 1.807) is 41.3 Å². The van der Waals surface area contributed by atoms with Gasteiger partial charge in [0, 0.05) is 46.6 Å². The minimum Gasteiger partial charge on any atom is -0.322 e. The lowest BCUT2D eigenvalue weighted by molar-refractivity contribution is 0.102. The number of amides is 3. The van der Waals surface area contributed by atoms with Crippen molar-refractivity contribution in [1.29, 1.82) is 0 Å². The molecule has 3 aromatic carbocycles. The molecule has 1 saturated heterocycles. The Kier molecular flexibility index (Phi) is 6.44. The van der Waals surface area contributed by atoms with Gasteiger partial charge in [-0.1, -0.05) is 35.3 Å². The van der Waals surface area contributed by atoms with E-state index < -0.39 is 0 Å². The number of halogens is 2. The second-order valence-corrected chi connectivity index (χ2v) is 8.22. The van der Waals surface area contributed by atoms with Crippen LogP contribution in [0.3, 0.4) is 0 Å². The molecule has 1 aliphatic heterocycles. The van der Waals surface area contributed by atoms with Crippen molar-refractivity contribution in [2.45, 2.75) is 13.0 Å². The highest BCUT2D eigenvalue weighted by molar-refractivity contribution is 6.30. The summed E-state index contributed by atoms with van der Waals surface area (Å²) in [5, 5.41) is 4.12. The third kappa shape index (κ3) is 5.19. The predicted octanol–water partition coefficient (Wildman–Crippen LogP) is 6.08. The Labute approximate surface area is 191 Å². The molecule has 0 atom stereocenters. The van der Waals surface area contributed by atoms with E-state index in [9.17, 15) is 9.59 Å². The summed E-state index contributed by atoms with van der Waals surface area (Å²) < 4.78 is 0. The Morgan fingerprint density at radius 1 is 0.839 bits per heavy atom. The Hall–Kier alpha value is -3.02. The summed E-state index contributed by atoms with van der Waals surface area (Å²) >= 11 is 11.8.